The highest BCUT2D eigenvalue weighted by molar-refractivity contribution is 5.79. The maximum Gasteiger partial charge on any atom is 0.225 e. The number of carbonyl (C=O) groups excluding carboxylic acids is 1. The van der Waals surface area contributed by atoms with Gasteiger partial charge in [0.2, 0.25) is 5.91 Å². The van der Waals surface area contributed by atoms with Gasteiger partial charge in [0.25, 0.3) is 0 Å². The van der Waals surface area contributed by atoms with E-state index in [0.717, 1.165) is 12.0 Å². The fourth-order valence-electron chi connectivity index (χ4n) is 2.40. The molecular formula is C12H13NO2. The average Bonchev–Trinajstić information content (AvgIpc) is 2.84. The van der Waals surface area contributed by atoms with E-state index in [4.69, 9.17) is 4.74 Å². The van der Waals surface area contributed by atoms with E-state index in [2.05, 4.69) is 0 Å². The van der Waals surface area contributed by atoms with Crippen LogP contribution in [-0.2, 0) is 9.53 Å². The molecule has 2 atom stereocenters. The Morgan fingerprint density at radius 2 is 2.07 bits per heavy atom. The highest BCUT2D eigenvalue weighted by Crippen LogP contribution is 2.36. The number of hydrogen-bond donors (Lipinski definition) is 0. The lowest BCUT2D eigenvalue weighted by molar-refractivity contribution is -0.134. The van der Waals surface area contributed by atoms with Crippen molar-refractivity contribution in [3.05, 3.63) is 35.9 Å². The largest absolute Gasteiger partial charge is 0.352 e. The summed E-state index contributed by atoms with van der Waals surface area (Å²) in [6.07, 6.45) is 1.48. The molecule has 1 aromatic carbocycles. The summed E-state index contributed by atoms with van der Waals surface area (Å²) in [5.74, 6) is 0.228. The lowest BCUT2D eigenvalue weighted by Gasteiger charge is -2.22. The molecule has 1 unspecified atom stereocenters. The molecule has 15 heavy (non-hydrogen) atoms. The third-order valence-corrected chi connectivity index (χ3v) is 3.16. The second kappa shape index (κ2) is 3.35. The van der Waals surface area contributed by atoms with E-state index in [-0.39, 0.29) is 12.1 Å². The molecule has 0 aliphatic carbocycles. The molecule has 2 aliphatic heterocycles. The number of carbonyl (C=O) groups is 1. The predicted octanol–water partition coefficient (Wildman–Crippen LogP) is 1.71. The van der Waals surface area contributed by atoms with Crippen molar-refractivity contribution in [2.45, 2.75) is 25.1 Å². The molecule has 3 heteroatoms. The number of nitrogens with zero attached hydrogens (tertiary/aromatic N) is 1. The van der Waals surface area contributed by atoms with Gasteiger partial charge < -0.3 is 9.64 Å². The molecule has 3 rings (SSSR count). The lowest BCUT2D eigenvalue weighted by Crippen LogP contribution is -2.30. The fraction of sp³-hybridized carbons (Fsp3) is 0.417. The Bertz CT molecular complexity index is 376. The number of hydrogen-bond acceptors (Lipinski definition) is 2. The molecule has 0 bridgehead atoms. The van der Waals surface area contributed by atoms with Gasteiger partial charge in [-0.25, -0.2) is 0 Å². The van der Waals surface area contributed by atoms with E-state index < -0.39 is 0 Å². The molecule has 1 amide bonds. The summed E-state index contributed by atoms with van der Waals surface area (Å²) in [6.45, 7) is 0.686. The van der Waals surface area contributed by atoms with Crippen molar-refractivity contribution in [3.63, 3.8) is 0 Å². The van der Waals surface area contributed by atoms with Crippen molar-refractivity contribution >= 4 is 5.91 Å². The molecule has 0 spiro atoms. The predicted molar refractivity (Wildman–Crippen MR) is 55.0 cm³/mol. The van der Waals surface area contributed by atoms with E-state index in [9.17, 15) is 4.79 Å². The maximum atomic E-state index is 11.7. The first-order valence-electron chi connectivity index (χ1n) is 5.34. The third-order valence-electron chi connectivity index (χ3n) is 3.16. The van der Waals surface area contributed by atoms with Crippen LogP contribution in [0.1, 0.15) is 24.6 Å². The van der Waals surface area contributed by atoms with Gasteiger partial charge in [-0.05, 0) is 6.42 Å². The SMILES string of the molecule is O=C1CC[C@@H]2COC(c3ccccc3)N12. The second-order valence-electron chi connectivity index (χ2n) is 4.09. The molecule has 0 N–H and O–H groups in total. The van der Waals surface area contributed by atoms with Gasteiger partial charge in [0.15, 0.2) is 6.23 Å². The summed E-state index contributed by atoms with van der Waals surface area (Å²) >= 11 is 0. The van der Waals surface area contributed by atoms with E-state index >= 15 is 0 Å². The van der Waals surface area contributed by atoms with Crippen molar-refractivity contribution in [2.75, 3.05) is 6.61 Å². The molecule has 2 aliphatic rings. The van der Waals surface area contributed by atoms with Crippen molar-refractivity contribution in [1.82, 2.24) is 4.90 Å². The van der Waals surface area contributed by atoms with Crippen molar-refractivity contribution in [3.8, 4) is 0 Å². The zero-order chi connectivity index (χ0) is 10.3. The van der Waals surface area contributed by atoms with Crippen molar-refractivity contribution in [2.24, 2.45) is 0 Å². The topological polar surface area (TPSA) is 29.5 Å². The molecule has 0 radical (unpaired) electrons. The standard InChI is InChI=1S/C12H13NO2/c14-11-7-6-10-8-15-12(13(10)11)9-4-2-1-3-5-9/h1-5,10,12H,6-8H2/t10-,12?/m1/s1. The van der Waals surface area contributed by atoms with Gasteiger partial charge in [0.05, 0.1) is 12.6 Å². The van der Waals surface area contributed by atoms with Crippen LogP contribution in [0.25, 0.3) is 0 Å². The normalized spacial score (nSPS) is 29.6. The maximum absolute atomic E-state index is 11.7. The lowest BCUT2D eigenvalue weighted by atomic mass is 10.2. The second-order valence-corrected chi connectivity index (χ2v) is 4.09. The van der Waals surface area contributed by atoms with Gasteiger partial charge >= 0.3 is 0 Å². The first kappa shape index (κ1) is 8.92. The summed E-state index contributed by atoms with van der Waals surface area (Å²) in [5, 5.41) is 0. The number of fused-ring (bicyclic) bond motifs is 1. The summed E-state index contributed by atoms with van der Waals surface area (Å²) in [6, 6.07) is 10.3. The Kier molecular flexibility index (Phi) is 1.99. The van der Waals surface area contributed by atoms with Gasteiger partial charge in [-0.2, -0.15) is 0 Å². The van der Waals surface area contributed by atoms with Crippen LogP contribution in [0.4, 0.5) is 0 Å². The quantitative estimate of drug-likeness (QED) is 0.695. The van der Waals surface area contributed by atoms with Gasteiger partial charge in [-0.15, -0.1) is 0 Å². The van der Waals surface area contributed by atoms with Crippen LogP contribution < -0.4 is 0 Å². The van der Waals surface area contributed by atoms with Crippen LogP contribution in [0, 0.1) is 0 Å². The average molecular weight is 203 g/mol. The molecule has 2 heterocycles. The minimum Gasteiger partial charge on any atom is -0.352 e. The molecule has 2 fully saturated rings. The van der Waals surface area contributed by atoms with Crippen LogP contribution in [0.15, 0.2) is 30.3 Å². The molecule has 78 valence electrons. The highest BCUT2D eigenvalue weighted by atomic mass is 16.5. The van der Waals surface area contributed by atoms with E-state index in [1.165, 1.54) is 0 Å². The summed E-state index contributed by atoms with van der Waals surface area (Å²) in [7, 11) is 0. The first-order valence-corrected chi connectivity index (χ1v) is 5.34. The van der Waals surface area contributed by atoms with Crippen LogP contribution in [0.2, 0.25) is 0 Å². The minimum absolute atomic E-state index is 0.147. The zero-order valence-corrected chi connectivity index (χ0v) is 8.43. The smallest absolute Gasteiger partial charge is 0.225 e. The van der Waals surface area contributed by atoms with E-state index in [1.807, 2.05) is 35.2 Å². The minimum atomic E-state index is -0.147. The Morgan fingerprint density at radius 1 is 1.27 bits per heavy atom. The molecule has 3 nitrogen and oxygen atoms in total. The molecular weight excluding hydrogens is 190 g/mol. The fourth-order valence-corrected chi connectivity index (χ4v) is 2.40. The molecule has 0 aromatic heterocycles. The van der Waals surface area contributed by atoms with Gasteiger partial charge in [-0.3, -0.25) is 4.79 Å². The number of benzene rings is 1. The van der Waals surface area contributed by atoms with Crippen LogP contribution in [0.5, 0.6) is 0 Å². The number of ether oxygens (including phenoxy) is 1. The Labute approximate surface area is 88.6 Å². The molecule has 1 aromatic rings. The van der Waals surface area contributed by atoms with E-state index in [0.29, 0.717) is 19.1 Å². The van der Waals surface area contributed by atoms with Crippen LogP contribution in [0.3, 0.4) is 0 Å². The Morgan fingerprint density at radius 3 is 2.87 bits per heavy atom. The zero-order valence-electron chi connectivity index (χ0n) is 8.43. The highest BCUT2D eigenvalue weighted by Gasteiger charge is 2.42. The van der Waals surface area contributed by atoms with Crippen LogP contribution in [-0.4, -0.2) is 23.5 Å². The summed E-state index contributed by atoms with van der Waals surface area (Å²) in [5.41, 5.74) is 1.08. The number of rotatable bonds is 1. The number of amides is 1. The van der Waals surface area contributed by atoms with Gasteiger partial charge in [0, 0.05) is 12.0 Å². The summed E-state index contributed by atoms with van der Waals surface area (Å²) < 4.78 is 5.68. The molecule has 2 saturated heterocycles. The third kappa shape index (κ3) is 1.35. The Hall–Kier alpha value is -1.35. The van der Waals surface area contributed by atoms with Crippen molar-refractivity contribution < 1.29 is 9.53 Å². The Balaban J connectivity index is 1.92. The van der Waals surface area contributed by atoms with Gasteiger partial charge in [-0.1, -0.05) is 30.3 Å². The van der Waals surface area contributed by atoms with E-state index in [1.54, 1.807) is 0 Å². The van der Waals surface area contributed by atoms with Crippen molar-refractivity contribution in [1.29, 1.82) is 0 Å². The summed E-state index contributed by atoms with van der Waals surface area (Å²) in [4.78, 5) is 13.6. The van der Waals surface area contributed by atoms with Gasteiger partial charge in [0.1, 0.15) is 0 Å². The monoisotopic (exact) mass is 203 g/mol. The van der Waals surface area contributed by atoms with Crippen LogP contribution >= 0.6 is 0 Å². The first-order chi connectivity index (χ1) is 7.36. The molecule has 0 saturated carbocycles.